The highest BCUT2D eigenvalue weighted by atomic mass is 19.1. The van der Waals surface area contributed by atoms with Crippen molar-refractivity contribution in [2.75, 3.05) is 0 Å². The van der Waals surface area contributed by atoms with Gasteiger partial charge in [-0.2, -0.15) is 0 Å². The van der Waals surface area contributed by atoms with Gasteiger partial charge in [0.05, 0.1) is 5.92 Å². The summed E-state index contributed by atoms with van der Waals surface area (Å²) in [7, 11) is 0. The molecule has 110 valence electrons. The van der Waals surface area contributed by atoms with E-state index in [9.17, 15) is 9.18 Å². The number of hydrogen-bond acceptors (Lipinski definition) is 2. The highest BCUT2D eigenvalue weighted by Gasteiger charge is 2.26. The predicted octanol–water partition coefficient (Wildman–Crippen LogP) is 3.43. The van der Waals surface area contributed by atoms with Crippen LogP contribution in [0.25, 0.3) is 0 Å². The molecule has 2 rings (SSSR count). The SMILES string of the molecule is Cc1cc(C(C)NC2CCC(C(=O)O)CC2)ccc1F. The van der Waals surface area contributed by atoms with E-state index < -0.39 is 5.97 Å². The Labute approximate surface area is 119 Å². The molecule has 0 saturated heterocycles. The molecule has 1 aromatic rings. The Hall–Kier alpha value is -1.42. The molecule has 4 heteroatoms. The molecule has 0 aromatic heterocycles. The lowest BCUT2D eigenvalue weighted by molar-refractivity contribution is -0.142. The highest BCUT2D eigenvalue weighted by Crippen LogP contribution is 2.26. The lowest BCUT2D eigenvalue weighted by Crippen LogP contribution is -2.36. The molecule has 2 N–H and O–H groups in total. The third-order valence-electron chi connectivity index (χ3n) is 4.24. The summed E-state index contributed by atoms with van der Waals surface area (Å²) in [5.74, 6) is -1.04. The number of hydrogen-bond donors (Lipinski definition) is 2. The van der Waals surface area contributed by atoms with E-state index in [1.165, 1.54) is 6.07 Å². The maximum Gasteiger partial charge on any atom is 0.306 e. The number of nitrogens with one attached hydrogen (secondary N) is 1. The predicted molar refractivity (Wildman–Crippen MR) is 76.1 cm³/mol. The molecule has 1 aliphatic carbocycles. The molecule has 1 unspecified atom stereocenters. The van der Waals surface area contributed by atoms with Crippen LogP contribution in [-0.4, -0.2) is 17.1 Å². The zero-order chi connectivity index (χ0) is 14.7. The van der Waals surface area contributed by atoms with E-state index in [0.717, 1.165) is 31.2 Å². The summed E-state index contributed by atoms with van der Waals surface area (Å²) in [5.41, 5.74) is 1.73. The van der Waals surface area contributed by atoms with Gasteiger partial charge >= 0.3 is 5.97 Å². The van der Waals surface area contributed by atoms with E-state index >= 15 is 0 Å². The van der Waals surface area contributed by atoms with Crippen LogP contribution in [0.5, 0.6) is 0 Å². The van der Waals surface area contributed by atoms with Gasteiger partial charge in [-0.05, 0) is 56.7 Å². The van der Waals surface area contributed by atoms with Crippen LogP contribution >= 0.6 is 0 Å². The Bertz CT molecular complexity index is 481. The highest BCUT2D eigenvalue weighted by molar-refractivity contribution is 5.70. The second-order valence-electron chi connectivity index (χ2n) is 5.78. The number of aliphatic carboxylic acids is 1. The van der Waals surface area contributed by atoms with Crippen molar-refractivity contribution in [3.8, 4) is 0 Å². The molecular weight excluding hydrogens is 257 g/mol. The number of aryl methyl sites for hydroxylation is 1. The Balaban J connectivity index is 1.90. The molecule has 1 aromatic carbocycles. The van der Waals surface area contributed by atoms with Crippen LogP contribution in [0.2, 0.25) is 0 Å². The van der Waals surface area contributed by atoms with Gasteiger partial charge in [-0.25, -0.2) is 4.39 Å². The zero-order valence-electron chi connectivity index (χ0n) is 12.0. The first kappa shape index (κ1) is 15.0. The first-order chi connectivity index (χ1) is 9.47. The van der Waals surface area contributed by atoms with Gasteiger partial charge in [0.1, 0.15) is 5.82 Å². The largest absolute Gasteiger partial charge is 0.481 e. The molecule has 0 heterocycles. The van der Waals surface area contributed by atoms with Gasteiger partial charge in [0.25, 0.3) is 0 Å². The molecule has 3 nitrogen and oxygen atoms in total. The summed E-state index contributed by atoms with van der Waals surface area (Å²) in [4.78, 5) is 10.9. The van der Waals surface area contributed by atoms with Gasteiger partial charge in [-0.3, -0.25) is 4.79 Å². The van der Waals surface area contributed by atoms with Crippen LogP contribution in [0.3, 0.4) is 0 Å². The average Bonchev–Trinajstić information content (AvgIpc) is 2.42. The molecule has 0 bridgehead atoms. The Morgan fingerprint density at radius 3 is 2.55 bits per heavy atom. The van der Waals surface area contributed by atoms with Crippen molar-refractivity contribution in [1.82, 2.24) is 5.32 Å². The van der Waals surface area contributed by atoms with Gasteiger partial charge in [-0.1, -0.05) is 12.1 Å². The fourth-order valence-corrected chi connectivity index (χ4v) is 2.89. The number of carbonyl (C=O) groups is 1. The number of benzene rings is 1. The molecule has 0 spiro atoms. The van der Waals surface area contributed by atoms with Crippen LogP contribution in [0.15, 0.2) is 18.2 Å². The molecule has 0 radical (unpaired) electrons. The van der Waals surface area contributed by atoms with Crippen LogP contribution in [-0.2, 0) is 4.79 Å². The van der Waals surface area contributed by atoms with E-state index in [4.69, 9.17) is 5.11 Å². The Morgan fingerprint density at radius 1 is 1.35 bits per heavy atom. The number of carboxylic acid groups (broad SMARTS) is 1. The van der Waals surface area contributed by atoms with Gasteiger partial charge in [0.15, 0.2) is 0 Å². The average molecular weight is 279 g/mol. The van der Waals surface area contributed by atoms with Gasteiger partial charge in [-0.15, -0.1) is 0 Å². The van der Waals surface area contributed by atoms with Crippen molar-refractivity contribution in [2.24, 2.45) is 5.92 Å². The first-order valence-corrected chi connectivity index (χ1v) is 7.22. The Kier molecular flexibility index (Phi) is 4.76. The molecule has 1 fully saturated rings. The topological polar surface area (TPSA) is 49.3 Å². The van der Waals surface area contributed by atoms with E-state index in [-0.39, 0.29) is 17.8 Å². The van der Waals surface area contributed by atoms with Crippen molar-refractivity contribution < 1.29 is 14.3 Å². The van der Waals surface area contributed by atoms with Crippen molar-refractivity contribution in [3.63, 3.8) is 0 Å². The number of carboxylic acids is 1. The second kappa shape index (κ2) is 6.35. The van der Waals surface area contributed by atoms with E-state index in [1.54, 1.807) is 6.92 Å². The zero-order valence-corrected chi connectivity index (χ0v) is 12.0. The minimum Gasteiger partial charge on any atom is -0.481 e. The lowest BCUT2D eigenvalue weighted by Gasteiger charge is -2.29. The number of halogens is 1. The molecular formula is C16H22FNO2. The lowest BCUT2D eigenvalue weighted by atomic mass is 9.85. The smallest absolute Gasteiger partial charge is 0.306 e. The maximum absolute atomic E-state index is 13.3. The molecule has 0 aliphatic heterocycles. The fraction of sp³-hybridized carbons (Fsp3) is 0.562. The van der Waals surface area contributed by atoms with Crippen LogP contribution in [0, 0.1) is 18.7 Å². The van der Waals surface area contributed by atoms with E-state index in [2.05, 4.69) is 12.2 Å². The summed E-state index contributed by atoms with van der Waals surface area (Å²) >= 11 is 0. The van der Waals surface area contributed by atoms with Crippen molar-refractivity contribution in [3.05, 3.63) is 35.1 Å². The van der Waals surface area contributed by atoms with Crippen LogP contribution in [0.1, 0.15) is 49.8 Å². The van der Waals surface area contributed by atoms with Crippen molar-refractivity contribution in [2.45, 2.75) is 51.6 Å². The Morgan fingerprint density at radius 2 is 2.00 bits per heavy atom. The normalized spacial score (nSPS) is 24.4. The minimum atomic E-state index is -0.675. The summed E-state index contributed by atoms with van der Waals surface area (Å²) in [6.07, 6.45) is 3.26. The molecule has 20 heavy (non-hydrogen) atoms. The molecule has 1 atom stereocenters. The summed E-state index contributed by atoms with van der Waals surface area (Å²) < 4.78 is 13.3. The van der Waals surface area contributed by atoms with Gasteiger partial charge in [0.2, 0.25) is 0 Å². The molecule has 1 saturated carbocycles. The van der Waals surface area contributed by atoms with E-state index in [1.807, 2.05) is 12.1 Å². The quantitative estimate of drug-likeness (QED) is 0.887. The molecule has 1 aliphatic rings. The summed E-state index contributed by atoms with van der Waals surface area (Å²) in [5, 5.41) is 12.5. The van der Waals surface area contributed by atoms with Crippen molar-refractivity contribution in [1.29, 1.82) is 0 Å². The van der Waals surface area contributed by atoms with E-state index in [0.29, 0.717) is 11.6 Å². The molecule has 0 amide bonds. The standard InChI is InChI=1S/C16H22FNO2/c1-10-9-13(5-8-15(10)17)11(2)18-14-6-3-12(4-7-14)16(19)20/h5,8-9,11-12,14,18H,3-4,6-7H2,1-2H3,(H,19,20). The summed E-state index contributed by atoms with van der Waals surface area (Å²) in [6, 6.07) is 5.69. The fourth-order valence-electron chi connectivity index (χ4n) is 2.89. The second-order valence-corrected chi connectivity index (χ2v) is 5.78. The number of rotatable bonds is 4. The van der Waals surface area contributed by atoms with Gasteiger partial charge < -0.3 is 10.4 Å². The summed E-state index contributed by atoms with van der Waals surface area (Å²) in [6.45, 7) is 3.83. The minimum absolute atomic E-state index is 0.153. The van der Waals surface area contributed by atoms with Gasteiger partial charge in [0, 0.05) is 12.1 Å². The first-order valence-electron chi connectivity index (χ1n) is 7.22. The van der Waals surface area contributed by atoms with Crippen LogP contribution in [0.4, 0.5) is 4.39 Å². The third kappa shape index (κ3) is 3.57. The monoisotopic (exact) mass is 279 g/mol. The van der Waals surface area contributed by atoms with Crippen molar-refractivity contribution >= 4 is 5.97 Å². The third-order valence-corrected chi connectivity index (χ3v) is 4.24. The maximum atomic E-state index is 13.3. The van der Waals surface area contributed by atoms with Crippen LogP contribution < -0.4 is 5.32 Å².